The van der Waals surface area contributed by atoms with E-state index in [2.05, 4.69) is 23.5 Å². The molecule has 3 heteroatoms. The van der Waals surface area contributed by atoms with E-state index in [1.165, 1.54) is 30.4 Å². The number of nitrogens with one attached hydrogen (secondary N) is 1. The number of aliphatic hydroxyl groups excluding tert-OH is 1. The van der Waals surface area contributed by atoms with Gasteiger partial charge in [-0.05, 0) is 48.4 Å². The van der Waals surface area contributed by atoms with Gasteiger partial charge in [-0.1, -0.05) is 18.6 Å². The van der Waals surface area contributed by atoms with E-state index in [0.29, 0.717) is 18.4 Å². The van der Waals surface area contributed by atoms with Crippen LogP contribution in [0.5, 0.6) is 5.75 Å². The monoisotopic (exact) mass is 261 g/mol. The largest absolute Gasteiger partial charge is 0.493 e. The Labute approximate surface area is 115 Å². The van der Waals surface area contributed by atoms with E-state index in [1.54, 1.807) is 0 Å². The number of ether oxygens (including phenoxy) is 1. The Bertz CT molecular complexity index is 433. The lowest BCUT2D eigenvalue weighted by atomic mass is 9.97. The molecule has 1 aromatic carbocycles. The molecule has 1 heterocycles. The molecular weight excluding hydrogens is 238 g/mol. The van der Waals surface area contributed by atoms with Crippen LogP contribution < -0.4 is 10.1 Å². The molecule has 3 rings (SSSR count). The van der Waals surface area contributed by atoms with Gasteiger partial charge in [0.05, 0.1) is 6.61 Å². The maximum absolute atomic E-state index is 9.32. The molecule has 0 spiro atoms. The smallest absolute Gasteiger partial charge is 0.122 e. The first-order chi connectivity index (χ1) is 9.36. The first-order valence-electron chi connectivity index (χ1n) is 7.43. The van der Waals surface area contributed by atoms with Crippen LogP contribution in [0.2, 0.25) is 0 Å². The second kappa shape index (κ2) is 5.93. The van der Waals surface area contributed by atoms with Crippen molar-refractivity contribution in [1.29, 1.82) is 0 Å². The summed E-state index contributed by atoms with van der Waals surface area (Å²) in [7, 11) is 0. The summed E-state index contributed by atoms with van der Waals surface area (Å²) >= 11 is 0. The zero-order valence-electron chi connectivity index (χ0n) is 11.4. The molecule has 0 radical (unpaired) electrons. The summed E-state index contributed by atoms with van der Waals surface area (Å²) in [5.41, 5.74) is 2.68. The zero-order valence-corrected chi connectivity index (χ0v) is 11.4. The Morgan fingerprint density at radius 3 is 3.05 bits per heavy atom. The molecule has 1 aromatic rings. The molecule has 19 heavy (non-hydrogen) atoms. The van der Waals surface area contributed by atoms with E-state index in [-0.39, 0.29) is 0 Å². The highest BCUT2D eigenvalue weighted by molar-refractivity contribution is 5.39. The number of rotatable bonds is 5. The summed E-state index contributed by atoms with van der Waals surface area (Å²) in [6.07, 6.45) is 4.77. The summed E-state index contributed by atoms with van der Waals surface area (Å²) < 4.78 is 5.52. The number of benzene rings is 1. The van der Waals surface area contributed by atoms with E-state index in [1.807, 2.05) is 0 Å². The fourth-order valence-electron chi connectivity index (χ4n) is 3.37. The van der Waals surface area contributed by atoms with Crippen LogP contribution in [0.15, 0.2) is 18.2 Å². The van der Waals surface area contributed by atoms with Crippen molar-refractivity contribution in [2.24, 2.45) is 11.8 Å². The fraction of sp³-hybridized carbons (Fsp3) is 0.625. The number of aliphatic hydroxyl groups is 1. The van der Waals surface area contributed by atoms with Gasteiger partial charge in [-0.2, -0.15) is 0 Å². The number of hydrogen-bond donors (Lipinski definition) is 2. The molecule has 2 N–H and O–H groups in total. The minimum Gasteiger partial charge on any atom is -0.493 e. The van der Waals surface area contributed by atoms with Crippen molar-refractivity contribution >= 4 is 0 Å². The summed E-state index contributed by atoms with van der Waals surface area (Å²) in [5, 5.41) is 12.9. The van der Waals surface area contributed by atoms with Crippen molar-refractivity contribution < 1.29 is 9.84 Å². The van der Waals surface area contributed by atoms with Crippen LogP contribution in [0.4, 0.5) is 0 Å². The maximum atomic E-state index is 9.32. The Kier molecular flexibility index (Phi) is 4.04. The highest BCUT2D eigenvalue weighted by Gasteiger charge is 2.25. The molecule has 0 amide bonds. The average Bonchev–Trinajstić information content (AvgIpc) is 3.06. The van der Waals surface area contributed by atoms with Crippen molar-refractivity contribution in [3.8, 4) is 5.75 Å². The SMILES string of the molecule is OCC1CCCC1CNCc1ccc2c(c1)CCO2. The molecular formula is C16H23NO2. The third kappa shape index (κ3) is 2.93. The standard InChI is InChI=1S/C16H23NO2/c18-11-15-3-1-2-14(15)10-17-9-12-4-5-16-13(8-12)6-7-19-16/h4-5,8,14-15,17-18H,1-3,6-7,9-11H2. The lowest BCUT2D eigenvalue weighted by Crippen LogP contribution is -2.26. The lowest BCUT2D eigenvalue weighted by Gasteiger charge is -2.18. The molecule has 1 aliphatic heterocycles. The van der Waals surface area contributed by atoms with Gasteiger partial charge in [-0.3, -0.25) is 0 Å². The molecule has 3 nitrogen and oxygen atoms in total. The van der Waals surface area contributed by atoms with Crippen molar-refractivity contribution in [2.45, 2.75) is 32.2 Å². The molecule has 0 aromatic heterocycles. The Morgan fingerprint density at radius 1 is 1.26 bits per heavy atom. The van der Waals surface area contributed by atoms with Gasteiger partial charge in [0.25, 0.3) is 0 Å². The summed E-state index contributed by atoms with van der Waals surface area (Å²) in [5.74, 6) is 2.23. The molecule has 2 aliphatic rings. The molecule has 2 atom stereocenters. The average molecular weight is 261 g/mol. The molecule has 1 fully saturated rings. The summed E-state index contributed by atoms with van der Waals surface area (Å²) in [6, 6.07) is 6.49. The quantitative estimate of drug-likeness (QED) is 0.853. The molecule has 0 bridgehead atoms. The number of fused-ring (bicyclic) bond motifs is 1. The van der Waals surface area contributed by atoms with Gasteiger partial charge in [0.2, 0.25) is 0 Å². The molecule has 1 saturated carbocycles. The summed E-state index contributed by atoms with van der Waals surface area (Å²) in [6.45, 7) is 3.12. The Morgan fingerprint density at radius 2 is 2.16 bits per heavy atom. The van der Waals surface area contributed by atoms with Crippen molar-refractivity contribution in [1.82, 2.24) is 5.32 Å². The molecule has 104 valence electrons. The zero-order chi connectivity index (χ0) is 13.1. The van der Waals surface area contributed by atoms with Crippen molar-refractivity contribution in [2.75, 3.05) is 19.8 Å². The molecule has 0 saturated heterocycles. The van der Waals surface area contributed by atoms with Gasteiger partial charge in [0, 0.05) is 19.6 Å². The second-order valence-corrected chi connectivity index (χ2v) is 5.81. The van der Waals surface area contributed by atoms with Gasteiger partial charge in [0.1, 0.15) is 5.75 Å². The minimum absolute atomic E-state index is 0.350. The third-order valence-corrected chi connectivity index (χ3v) is 4.54. The second-order valence-electron chi connectivity index (χ2n) is 5.81. The van der Waals surface area contributed by atoms with Crippen LogP contribution >= 0.6 is 0 Å². The van der Waals surface area contributed by atoms with E-state index in [4.69, 9.17) is 4.74 Å². The third-order valence-electron chi connectivity index (χ3n) is 4.54. The first kappa shape index (κ1) is 12.9. The van der Waals surface area contributed by atoms with E-state index in [9.17, 15) is 5.11 Å². The predicted octanol–water partition coefficient (Wildman–Crippen LogP) is 2.12. The molecule has 2 unspecified atom stereocenters. The normalized spacial score (nSPS) is 25.3. The lowest BCUT2D eigenvalue weighted by molar-refractivity contribution is 0.192. The van der Waals surface area contributed by atoms with Crippen LogP contribution in [-0.4, -0.2) is 24.9 Å². The van der Waals surface area contributed by atoms with E-state index in [0.717, 1.165) is 31.9 Å². The predicted molar refractivity (Wildman–Crippen MR) is 75.3 cm³/mol. The van der Waals surface area contributed by atoms with Crippen molar-refractivity contribution in [3.63, 3.8) is 0 Å². The summed E-state index contributed by atoms with van der Waals surface area (Å²) in [4.78, 5) is 0. The minimum atomic E-state index is 0.350. The van der Waals surface area contributed by atoms with Gasteiger partial charge >= 0.3 is 0 Å². The van der Waals surface area contributed by atoms with Crippen LogP contribution in [0.25, 0.3) is 0 Å². The first-order valence-corrected chi connectivity index (χ1v) is 7.43. The van der Waals surface area contributed by atoms with E-state index < -0.39 is 0 Å². The van der Waals surface area contributed by atoms with Gasteiger partial charge in [-0.25, -0.2) is 0 Å². The van der Waals surface area contributed by atoms with Gasteiger partial charge in [0.15, 0.2) is 0 Å². The van der Waals surface area contributed by atoms with Crippen LogP contribution in [-0.2, 0) is 13.0 Å². The number of hydrogen-bond acceptors (Lipinski definition) is 3. The topological polar surface area (TPSA) is 41.5 Å². The van der Waals surface area contributed by atoms with Crippen LogP contribution in [0, 0.1) is 11.8 Å². The molecule has 1 aliphatic carbocycles. The highest BCUT2D eigenvalue weighted by atomic mass is 16.5. The fourth-order valence-corrected chi connectivity index (χ4v) is 3.37. The highest BCUT2D eigenvalue weighted by Crippen LogP contribution is 2.31. The van der Waals surface area contributed by atoms with E-state index >= 15 is 0 Å². The maximum Gasteiger partial charge on any atom is 0.122 e. The van der Waals surface area contributed by atoms with Crippen LogP contribution in [0.3, 0.4) is 0 Å². The van der Waals surface area contributed by atoms with Gasteiger partial charge in [-0.15, -0.1) is 0 Å². The Balaban J connectivity index is 1.50. The van der Waals surface area contributed by atoms with Gasteiger partial charge < -0.3 is 15.2 Å². The van der Waals surface area contributed by atoms with Crippen molar-refractivity contribution in [3.05, 3.63) is 29.3 Å². The van der Waals surface area contributed by atoms with Crippen LogP contribution in [0.1, 0.15) is 30.4 Å². The Hall–Kier alpha value is -1.06.